The number of amides is 1. The van der Waals surface area contributed by atoms with Crippen LogP contribution in [0.4, 0.5) is 22.7 Å². The first-order chi connectivity index (χ1) is 13.7. The Kier molecular flexibility index (Phi) is 4.53. The van der Waals surface area contributed by atoms with Gasteiger partial charge in [0.05, 0.1) is 22.8 Å². The van der Waals surface area contributed by atoms with Crippen molar-refractivity contribution in [3.05, 3.63) is 58.6 Å². The van der Waals surface area contributed by atoms with Crippen LogP contribution in [-0.4, -0.2) is 25.8 Å². The molecular formula is C18H11F4N5OS. The van der Waals surface area contributed by atoms with Crippen molar-refractivity contribution in [2.75, 3.05) is 5.32 Å². The topological polar surface area (TPSA) is 83.6 Å². The third-order valence-electron chi connectivity index (χ3n) is 4.02. The van der Waals surface area contributed by atoms with Crippen LogP contribution in [-0.2, 0) is 6.18 Å². The van der Waals surface area contributed by atoms with Gasteiger partial charge in [0.25, 0.3) is 5.91 Å². The van der Waals surface area contributed by atoms with E-state index < -0.39 is 29.0 Å². The first-order valence-corrected chi connectivity index (χ1v) is 8.98. The molecule has 11 heteroatoms. The van der Waals surface area contributed by atoms with Crippen LogP contribution in [0.5, 0.6) is 0 Å². The molecule has 4 rings (SSSR count). The van der Waals surface area contributed by atoms with Gasteiger partial charge in [-0.2, -0.15) is 13.2 Å². The molecule has 0 aliphatic rings. The summed E-state index contributed by atoms with van der Waals surface area (Å²) in [6.07, 6.45) is -0.542. The molecule has 0 saturated carbocycles. The second-order valence-electron chi connectivity index (χ2n) is 6.09. The Balaban J connectivity index is 1.80. The number of halogens is 4. The normalized spacial score (nSPS) is 11.8. The third-order valence-corrected chi connectivity index (χ3v) is 4.85. The molecule has 6 nitrogen and oxygen atoms in total. The Hall–Kier alpha value is -3.34. The van der Waals surface area contributed by atoms with Gasteiger partial charge in [-0.15, -0.1) is 11.3 Å². The first kappa shape index (κ1) is 19.0. The highest BCUT2D eigenvalue weighted by Crippen LogP contribution is 2.37. The lowest BCUT2D eigenvalue weighted by Crippen LogP contribution is -2.12. The molecule has 0 spiro atoms. The van der Waals surface area contributed by atoms with E-state index >= 15 is 0 Å². The van der Waals surface area contributed by atoms with Crippen LogP contribution >= 0.6 is 11.3 Å². The second kappa shape index (κ2) is 6.92. The van der Waals surface area contributed by atoms with Crippen molar-refractivity contribution in [3.8, 4) is 11.4 Å². The molecule has 0 aliphatic heterocycles. The lowest BCUT2D eigenvalue weighted by molar-refractivity contribution is -0.137. The van der Waals surface area contributed by atoms with Gasteiger partial charge >= 0.3 is 6.18 Å². The monoisotopic (exact) mass is 421 g/mol. The molecule has 3 heterocycles. The summed E-state index contributed by atoms with van der Waals surface area (Å²) < 4.78 is 53.6. The van der Waals surface area contributed by atoms with Crippen LogP contribution < -0.4 is 5.32 Å². The van der Waals surface area contributed by atoms with E-state index in [2.05, 4.69) is 25.3 Å². The van der Waals surface area contributed by atoms with Gasteiger partial charge in [-0.1, -0.05) is 0 Å². The van der Waals surface area contributed by atoms with Gasteiger partial charge in [0.2, 0.25) is 0 Å². The Morgan fingerprint density at radius 1 is 1.21 bits per heavy atom. The molecule has 0 radical (unpaired) electrons. The molecule has 0 atom stereocenters. The number of pyridine rings is 1. The number of rotatable bonds is 3. The molecule has 1 amide bonds. The summed E-state index contributed by atoms with van der Waals surface area (Å²) in [6.45, 7) is 1.83. The van der Waals surface area contributed by atoms with Gasteiger partial charge in [0.1, 0.15) is 17.2 Å². The molecule has 29 heavy (non-hydrogen) atoms. The number of thiazole rings is 1. The van der Waals surface area contributed by atoms with Gasteiger partial charge in [0, 0.05) is 22.8 Å². The number of carbonyl (C=O) groups is 1. The highest BCUT2D eigenvalue weighted by molar-refractivity contribution is 7.15. The smallest absolute Gasteiger partial charge is 0.337 e. The molecule has 0 unspecified atom stereocenters. The molecule has 4 aromatic rings. The van der Waals surface area contributed by atoms with Crippen LogP contribution in [0.15, 0.2) is 36.8 Å². The van der Waals surface area contributed by atoms with E-state index in [1.54, 1.807) is 6.20 Å². The lowest BCUT2D eigenvalue weighted by atomic mass is 10.1. The molecule has 1 aromatic carbocycles. The van der Waals surface area contributed by atoms with Crippen molar-refractivity contribution in [1.82, 2.24) is 19.9 Å². The van der Waals surface area contributed by atoms with E-state index in [0.717, 1.165) is 17.0 Å². The van der Waals surface area contributed by atoms with Gasteiger partial charge in [-0.3, -0.25) is 15.1 Å². The van der Waals surface area contributed by atoms with Gasteiger partial charge < -0.3 is 4.98 Å². The summed E-state index contributed by atoms with van der Waals surface area (Å²) in [5.41, 5.74) is -1.12. The number of H-pyrrole nitrogens is 1. The number of aromatic nitrogens is 4. The fourth-order valence-corrected chi connectivity index (χ4v) is 3.42. The number of nitrogens with one attached hydrogen (secondary N) is 2. The minimum atomic E-state index is -4.71. The number of alkyl halides is 3. The van der Waals surface area contributed by atoms with E-state index in [1.165, 1.54) is 23.7 Å². The molecule has 3 aromatic heterocycles. The summed E-state index contributed by atoms with van der Waals surface area (Å²) >= 11 is 1.27. The second-order valence-corrected chi connectivity index (χ2v) is 7.32. The number of nitrogens with zero attached hydrogens (tertiary/aromatic N) is 3. The maximum Gasteiger partial charge on any atom is 0.417 e. The predicted octanol–water partition coefficient (Wildman–Crippen LogP) is 4.80. The Bertz CT molecular complexity index is 1230. The van der Waals surface area contributed by atoms with Crippen LogP contribution in [0, 0.1) is 12.7 Å². The maximum atomic E-state index is 13.6. The van der Waals surface area contributed by atoms with Crippen LogP contribution in [0.1, 0.15) is 20.8 Å². The summed E-state index contributed by atoms with van der Waals surface area (Å²) in [4.78, 5) is 28.3. The summed E-state index contributed by atoms with van der Waals surface area (Å²) in [5.74, 6) is -1.63. The van der Waals surface area contributed by atoms with Crippen LogP contribution in [0.25, 0.3) is 22.4 Å². The number of hydrogen-bond acceptors (Lipinski definition) is 5. The number of carbonyl (C=O) groups excluding carboxylic acids is 1. The van der Waals surface area contributed by atoms with E-state index in [-0.39, 0.29) is 22.4 Å². The molecule has 0 aliphatic carbocycles. The molecular weight excluding hydrogens is 410 g/mol. The van der Waals surface area contributed by atoms with Crippen LogP contribution in [0.2, 0.25) is 0 Å². The van der Waals surface area contributed by atoms with Gasteiger partial charge in [-0.25, -0.2) is 14.4 Å². The number of anilines is 1. The van der Waals surface area contributed by atoms with Gasteiger partial charge in [0.15, 0.2) is 5.13 Å². The van der Waals surface area contributed by atoms with E-state index in [9.17, 15) is 22.4 Å². The number of imidazole rings is 1. The molecule has 0 fully saturated rings. The number of fused-ring (bicyclic) bond motifs is 1. The zero-order valence-corrected chi connectivity index (χ0v) is 15.5. The SMILES string of the molecule is Cc1cnc(NC(=O)c2cncc3[nH]c(-c4cc(F)ccc4C(F)(F)F)nc23)s1. The lowest BCUT2D eigenvalue weighted by Gasteiger charge is -2.11. The number of hydrogen-bond donors (Lipinski definition) is 2. The van der Waals surface area contributed by atoms with Crippen molar-refractivity contribution in [2.24, 2.45) is 0 Å². The fraction of sp³-hybridized carbons (Fsp3) is 0.111. The summed E-state index contributed by atoms with van der Waals surface area (Å²) in [7, 11) is 0. The number of aromatic amines is 1. The summed E-state index contributed by atoms with van der Waals surface area (Å²) in [5, 5.41) is 2.97. The van der Waals surface area contributed by atoms with Crippen molar-refractivity contribution >= 4 is 33.4 Å². The average molecular weight is 421 g/mol. The van der Waals surface area contributed by atoms with Crippen molar-refractivity contribution in [1.29, 1.82) is 0 Å². The van der Waals surface area contributed by atoms with Crippen LogP contribution in [0.3, 0.4) is 0 Å². The fourth-order valence-electron chi connectivity index (χ4n) is 2.76. The average Bonchev–Trinajstić information content (AvgIpc) is 3.26. The van der Waals surface area contributed by atoms with Crippen molar-refractivity contribution in [3.63, 3.8) is 0 Å². The number of aryl methyl sites for hydroxylation is 1. The molecule has 148 valence electrons. The van der Waals surface area contributed by atoms with Gasteiger partial charge in [-0.05, 0) is 25.1 Å². The Labute approximate surface area is 164 Å². The first-order valence-electron chi connectivity index (χ1n) is 8.17. The van der Waals surface area contributed by atoms with Crippen molar-refractivity contribution in [2.45, 2.75) is 13.1 Å². The highest BCUT2D eigenvalue weighted by Gasteiger charge is 2.34. The third kappa shape index (κ3) is 3.68. The molecule has 0 saturated heterocycles. The van der Waals surface area contributed by atoms with E-state index in [0.29, 0.717) is 11.2 Å². The highest BCUT2D eigenvalue weighted by atomic mass is 32.1. The molecule has 0 bridgehead atoms. The summed E-state index contributed by atoms with van der Waals surface area (Å²) in [6, 6.07) is 2.12. The Morgan fingerprint density at radius 2 is 2.00 bits per heavy atom. The minimum absolute atomic E-state index is 0.0443. The minimum Gasteiger partial charge on any atom is -0.337 e. The predicted molar refractivity (Wildman–Crippen MR) is 99.1 cm³/mol. The largest absolute Gasteiger partial charge is 0.417 e. The Morgan fingerprint density at radius 3 is 2.69 bits per heavy atom. The zero-order chi connectivity index (χ0) is 20.8. The quantitative estimate of drug-likeness (QED) is 0.466. The number of benzene rings is 1. The van der Waals surface area contributed by atoms with E-state index in [4.69, 9.17) is 0 Å². The maximum absolute atomic E-state index is 13.6. The molecule has 2 N–H and O–H groups in total. The van der Waals surface area contributed by atoms with Crippen molar-refractivity contribution < 1.29 is 22.4 Å². The zero-order valence-electron chi connectivity index (χ0n) is 14.6. The standard InChI is InChI=1S/C18H11F4N5OS/c1-8-5-24-17(29-8)27-16(28)11-6-23-7-13-14(11)26-15(25-13)10-4-9(19)2-3-12(10)18(20,21)22/h2-7H,1H3,(H,25,26)(H,24,27,28). The van der Waals surface area contributed by atoms with E-state index in [1.807, 2.05) is 6.92 Å².